The fourth-order valence-electron chi connectivity index (χ4n) is 3.05. The standard InChI is InChI=1S/C27H26N2O3/c1-20(27(31)28-2)26(32-19-22-11-7-4-8-12-22)23-14-16-24(17-15-23)29-25(30)18-13-21-9-5-3-6-10-21/h3-18H,19H2,1-2H3,(H,28,31)(H,29,30)/b18-13+,26-20+. The van der Waals surface area contributed by atoms with Gasteiger partial charge in [0.05, 0.1) is 5.57 Å². The second-order valence-electron chi connectivity index (χ2n) is 7.12. The normalized spacial score (nSPS) is 11.6. The third-order valence-corrected chi connectivity index (χ3v) is 4.78. The quantitative estimate of drug-likeness (QED) is 0.392. The van der Waals surface area contributed by atoms with E-state index in [0.29, 0.717) is 23.6 Å². The Kier molecular flexibility index (Phi) is 7.98. The first-order valence-electron chi connectivity index (χ1n) is 10.3. The Labute approximate surface area is 188 Å². The van der Waals surface area contributed by atoms with E-state index in [0.717, 1.165) is 16.7 Å². The van der Waals surface area contributed by atoms with Gasteiger partial charge in [-0.1, -0.05) is 60.7 Å². The molecule has 32 heavy (non-hydrogen) atoms. The summed E-state index contributed by atoms with van der Waals surface area (Å²) in [6, 6.07) is 26.6. The summed E-state index contributed by atoms with van der Waals surface area (Å²) >= 11 is 0. The summed E-state index contributed by atoms with van der Waals surface area (Å²) in [6.45, 7) is 2.07. The first kappa shape index (κ1) is 22.6. The highest BCUT2D eigenvalue weighted by atomic mass is 16.5. The van der Waals surface area contributed by atoms with Crippen LogP contribution in [0.5, 0.6) is 0 Å². The maximum absolute atomic E-state index is 12.2. The molecule has 0 saturated carbocycles. The number of benzene rings is 3. The van der Waals surface area contributed by atoms with Crippen LogP contribution in [0.4, 0.5) is 5.69 Å². The van der Waals surface area contributed by atoms with Crippen LogP contribution in [0.3, 0.4) is 0 Å². The van der Waals surface area contributed by atoms with Crippen molar-refractivity contribution in [2.75, 3.05) is 12.4 Å². The molecule has 3 aromatic rings. The van der Waals surface area contributed by atoms with Crippen LogP contribution < -0.4 is 10.6 Å². The van der Waals surface area contributed by atoms with Gasteiger partial charge in [0.15, 0.2) is 0 Å². The molecule has 0 saturated heterocycles. The van der Waals surface area contributed by atoms with Crippen LogP contribution in [0, 0.1) is 0 Å². The lowest BCUT2D eigenvalue weighted by molar-refractivity contribution is -0.117. The number of hydrogen-bond acceptors (Lipinski definition) is 3. The molecule has 162 valence electrons. The molecule has 0 radical (unpaired) electrons. The van der Waals surface area contributed by atoms with Crippen LogP contribution in [-0.2, 0) is 20.9 Å². The van der Waals surface area contributed by atoms with Gasteiger partial charge in [-0.3, -0.25) is 9.59 Å². The second kappa shape index (κ2) is 11.3. The van der Waals surface area contributed by atoms with Gasteiger partial charge in [0.1, 0.15) is 12.4 Å². The Morgan fingerprint density at radius 1 is 0.875 bits per heavy atom. The number of carbonyl (C=O) groups is 2. The van der Waals surface area contributed by atoms with Crippen molar-refractivity contribution < 1.29 is 14.3 Å². The number of anilines is 1. The van der Waals surface area contributed by atoms with E-state index in [2.05, 4.69) is 10.6 Å². The Morgan fingerprint density at radius 2 is 1.50 bits per heavy atom. The summed E-state index contributed by atoms with van der Waals surface area (Å²) in [5.41, 5.74) is 3.83. The number of carbonyl (C=O) groups excluding carboxylic acids is 2. The molecule has 0 fully saturated rings. The van der Waals surface area contributed by atoms with E-state index in [1.165, 1.54) is 6.08 Å². The summed E-state index contributed by atoms with van der Waals surface area (Å²) in [6.07, 6.45) is 3.25. The zero-order valence-electron chi connectivity index (χ0n) is 18.2. The number of nitrogens with one attached hydrogen (secondary N) is 2. The molecule has 0 unspecified atom stereocenters. The van der Waals surface area contributed by atoms with Crippen molar-refractivity contribution >= 4 is 29.3 Å². The molecule has 0 heterocycles. The molecule has 0 bridgehead atoms. The van der Waals surface area contributed by atoms with Gasteiger partial charge in [-0.05, 0) is 48.4 Å². The summed E-state index contributed by atoms with van der Waals surface area (Å²) in [7, 11) is 1.59. The van der Waals surface area contributed by atoms with E-state index in [1.807, 2.05) is 72.8 Å². The molecule has 3 rings (SSSR count). The predicted octanol–water partition coefficient (Wildman–Crippen LogP) is 5.03. The van der Waals surface area contributed by atoms with E-state index in [9.17, 15) is 9.59 Å². The summed E-state index contributed by atoms with van der Waals surface area (Å²) in [4.78, 5) is 24.4. The SMILES string of the molecule is CNC(=O)/C(C)=C(/OCc1ccccc1)c1ccc(NC(=O)/C=C/c2ccccc2)cc1. The van der Waals surface area contributed by atoms with Gasteiger partial charge in [0.25, 0.3) is 0 Å². The van der Waals surface area contributed by atoms with Crippen molar-refractivity contribution in [2.24, 2.45) is 0 Å². The molecule has 2 amide bonds. The van der Waals surface area contributed by atoms with E-state index in [-0.39, 0.29) is 11.8 Å². The summed E-state index contributed by atoms with van der Waals surface area (Å²) in [5.74, 6) is 0.0609. The molecule has 0 aliphatic carbocycles. The van der Waals surface area contributed by atoms with Crippen molar-refractivity contribution in [2.45, 2.75) is 13.5 Å². The Balaban J connectivity index is 1.73. The third-order valence-electron chi connectivity index (χ3n) is 4.78. The van der Waals surface area contributed by atoms with Crippen molar-refractivity contribution in [3.05, 3.63) is 113 Å². The number of likely N-dealkylation sites (N-methyl/N-ethyl adjacent to an activating group) is 1. The zero-order chi connectivity index (χ0) is 22.8. The Bertz CT molecular complexity index is 1100. The van der Waals surface area contributed by atoms with E-state index in [4.69, 9.17) is 4.74 Å². The van der Waals surface area contributed by atoms with Crippen LogP contribution in [0.2, 0.25) is 0 Å². The lowest BCUT2D eigenvalue weighted by Crippen LogP contribution is -2.20. The highest BCUT2D eigenvalue weighted by Crippen LogP contribution is 2.24. The highest BCUT2D eigenvalue weighted by molar-refractivity contribution is 6.02. The zero-order valence-corrected chi connectivity index (χ0v) is 18.2. The van der Waals surface area contributed by atoms with E-state index in [1.54, 1.807) is 32.2 Å². The molecule has 0 aromatic heterocycles. The molecule has 0 aliphatic rings. The minimum atomic E-state index is -0.223. The highest BCUT2D eigenvalue weighted by Gasteiger charge is 2.14. The van der Waals surface area contributed by atoms with Gasteiger partial charge in [-0.15, -0.1) is 0 Å². The third kappa shape index (κ3) is 6.44. The first-order chi connectivity index (χ1) is 15.6. The summed E-state index contributed by atoms with van der Waals surface area (Å²) in [5, 5.41) is 5.47. The molecular weight excluding hydrogens is 400 g/mol. The smallest absolute Gasteiger partial charge is 0.250 e. The lowest BCUT2D eigenvalue weighted by atomic mass is 10.1. The minimum absolute atomic E-state index is 0.212. The van der Waals surface area contributed by atoms with Gasteiger partial charge >= 0.3 is 0 Å². The molecule has 2 N–H and O–H groups in total. The summed E-state index contributed by atoms with van der Waals surface area (Å²) < 4.78 is 6.03. The van der Waals surface area contributed by atoms with Crippen LogP contribution in [0.1, 0.15) is 23.6 Å². The maximum Gasteiger partial charge on any atom is 0.250 e. The van der Waals surface area contributed by atoms with Crippen molar-refractivity contribution in [1.29, 1.82) is 0 Å². The maximum atomic E-state index is 12.2. The fraction of sp³-hybridized carbons (Fsp3) is 0.111. The van der Waals surface area contributed by atoms with Gasteiger partial charge in [-0.25, -0.2) is 0 Å². The molecule has 5 nitrogen and oxygen atoms in total. The molecule has 5 heteroatoms. The largest absolute Gasteiger partial charge is 0.488 e. The molecule has 0 atom stereocenters. The predicted molar refractivity (Wildman–Crippen MR) is 128 cm³/mol. The minimum Gasteiger partial charge on any atom is -0.488 e. The van der Waals surface area contributed by atoms with Crippen molar-refractivity contribution in [3.8, 4) is 0 Å². The van der Waals surface area contributed by atoms with Crippen LogP contribution >= 0.6 is 0 Å². The van der Waals surface area contributed by atoms with Crippen LogP contribution in [0.15, 0.2) is 96.6 Å². The fourth-order valence-corrected chi connectivity index (χ4v) is 3.05. The van der Waals surface area contributed by atoms with Gasteiger partial charge in [0.2, 0.25) is 11.8 Å². The number of ether oxygens (including phenoxy) is 1. The number of hydrogen-bond donors (Lipinski definition) is 2. The monoisotopic (exact) mass is 426 g/mol. The molecule has 0 aliphatic heterocycles. The topological polar surface area (TPSA) is 67.4 Å². The van der Waals surface area contributed by atoms with E-state index >= 15 is 0 Å². The van der Waals surface area contributed by atoms with Gasteiger partial charge in [0, 0.05) is 24.4 Å². The average molecular weight is 427 g/mol. The number of amides is 2. The first-order valence-corrected chi connectivity index (χ1v) is 10.3. The van der Waals surface area contributed by atoms with E-state index < -0.39 is 0 Å². The molecular formula is C27H26N2O3. The van der Waals surface area contributed by atoms with Crippen LogP contribution in [-0.4, -0.2) is 18.9 Å². The second-order valence-corrected chi connectivity index (χ2v) is 7.12. The Hall–Kier alpha value is -4.12. The molecule has 3 aromatic carbocycles. The number of rotatable bonds is 8. The Morgan fingerprint density at radius 3 is 2.12 bits per heavy atom. The van der Waals surface area contributed by atoms with Crippen LogP contribution in [0.25, 0.3) is 11.8 Å². The van der Waals surface area contributed by atoms with Gasteiger partial charge < -0.3 is 15.4 Å². The van der Waals surface area contributed by atoms with Crippen molar-refractivity contribution in [3.63, 3.8) is 0 Å². The van der Waals surface area contributed by atoms with Crippen molar-refractivity contribution in [1.82, 2.24) is 5.32 Å². The molecule has 0 spiro atoms. The average Bonchev–Trinajstić information content (AvgIpc) is 2.84. The van der Waals surface area contributed by atoms with Gasteiger partial charge in [-0.2, -0.15) is 0 Å². The lowest BCUT2D eigenvalue weighted by Gasteiger charge is -2.15.